The maximum Gasteiger partial charge on any atom is 0.0881 e. The number of aliphatic hydroxyl groups is 1. The quantitative estimate of drug-likeness (QED) is 0.928. The normalized spacial score (nSPS) is 29.3. The minimum atomic E-state index is -0.315. The molecule has 1 N–H and O–H groups in total. The van der Waals surface area contributed by atoms with E-state index in [0.717, 1.165) is 51.2 Å². The van der Waals surface area contributed by atoms with Gasteiger partial charge in [0.25, 0.3) is 0 Å². The van der Waals surface area contributed by atoms with E-state index >= 15 is 0 Å². The molecule has 0 spiro atoms. The lowest BCUT2D eigenvalue weighted by molar-refractivity contribution is -0.0349. The van der Waals surface area contributed by atoms with E-state index in [4.69, 9.17) is 4.74 Å². The molecule has 0 saturated carbocycles. The van der Waals surface area contributed by atoms with Gasteiger partial charge in [-0.2, -0.15) is 0 Å². The van der Waals surface area contributed by atoms with Crippen LogP contribution in [0.2, 0.25) is 0 Å². The molecule has 0 radical (unpaired) electrons. The Bertz CT molecular complexity index is 495. The second-order valence-electron chi connectivity index (χ2n) is 7.32. The Hall–Kier alpha value is -0.840. The van der Waals surface area contributed by atoms with E-state index in [0.29, 0.717) is 0 Å². The van der Waals surface area contributed by atoms with Crippen LogP contribution in [0.25, 0.3) is 0 Å². The Morgan fingerprint density at radius 2 is 2.24 bits per heavy atom. The maximum atomic E-state index is 10.3. The highest BCUT2D eigenvalue weighted by molar-refractivity contribution is 5.29. The van der Waals surface area contributed by atoms with E-state index in [1.807, 2.05) is 0 Å². The third-order valence-corrected chi connectivity index (χ3v) is 4.94. The molecule has 1 aromatic rings. The van der Waals surface area contributed by atoms with Crippen LogP contribution in [0.5, 0.6) is 0 Å². The molecule has 2 atom stereocenters. The Kier molecular flexibility index (Phi) is 4.12. The molecule has 1 aromatic heterocycles. The van der Waals surface area contributed by atoms with Gasteiger partial charge in [-0.15, -0.1) is 0 Å². The highest BCUT2D eigenvalue weighted by Crippen LogP contribution is 2.41. The topological polar surface area (TPSA) is 37.6 Å². The highest BCUT2D eigenvalue weighted by Gasteiger charge is 2.33. The summed E-state index contributed by atoms with van der Waals surface area (Å²) in [5.74, 6) is 0. The lowest BCUT2D eigenvalue weighted by Gasteiger charge is -2.35. The molecule has 2 unspecified atom stereocenters. The van der Waals surface area contributed by atoms with Crippen LogP contribution in [-0.4, -0.2) is 46.9 Å². The number of likely N-dealkylation sites (N-methyl/N-ethyl adjacent to an activating group) is 1. The molecule has 1 aliphatic carbocycles. The van der Waals surface area contributed by atoms with E-state index < -0.39 is 0 Å². The van der Waals surface area contributed by atoms with Crippen LogP contribution >= 0.6 is 0 Å². The zero-order valence-corrected chi connectivity index (χ0v) is 13.5. The van der Waals surface area contributed by atoms with Crippen LogP contribution in [0.3, 0.4) is 0 Å². The lowest BCUT2D eigenvalue weighted by Crippen LogP contribution is -2.44. The van der Waals surface area contributed by atoms with Crippen molar-refractivity contribution in [1.29, 1.82) is 0 Å². The Balaban J connectivity index is 1.75. The maximum absolute atomic E-state index is 10.3. The molecular formula is C17H28N2O2. The van der Waals surface area contributed by atoms with Gasteiger partial charge in [0.05, 0.1) is 18.8 Å². The van der Waals surface area contributed by atoms with Crippen molar-refractivity contribution in [1.82, 2.24) is 9.47 Å². The predicted molar refractivity (Wildman–Crippen MR) is 83.3 cm³/mol. The summed E-state index contributed by atoms with van der Waals surface area (Å²) in [6.45, 7) is 11.6. The van der Waals surface area contributed by atoms with Crippen LogP contribution in [0.4, 0.5) is 0 Å². The number of aliphatic hydroxyl groups excluding tert-OH is 1. The molecule has 2 heterocycles. The smallest absolute Gasteiger partial charge is 0.0881 e. The number of fused-ring (bicyclic) bond motifs is 1. The average Bonchev–Trinajstić information content (AvgIpc) is 2.81. The molecule has 4 heteroatoms. The van der Waals surface area contributed by atoms with Gasteiger partial charge in [-0.25, -0.2) is 0 Å². The van der Waals surface area contributed by atoms with Crippen molar-refractivity contribution in [2.75, 3.05) is 26.2 Å². The summed E-state index contributed by atoms with van der Waals surface area (Å²) in [4.78, 5) is 2.45. The first-order valence-electron chi connectivity index (χ1n) is 8.18. The van der Waals surface area contributed by atoms with Crippen molar-refractivity contribution in [2.24, 2.45) is 5.41 Å². The van der Waals surface area contributed by atoms with Gasteiger partial charge in [0.15, 0.2) is 0 Å². The van der Waals surface area contributed by atoms with Crippen LogP contribution in [0.15, 0.2) is 12.3 Å². The van der Waals surface area contributed by atoms with E-state index in [-0.39, 0.29) is 17.6 Å². The fourth-order valence-corrected chi connectivity index (χ4v) is 3.76. The lowest BCUT2D eigenvalue weighted by atomic mass is 9.75. The van der Waals surface area contributed by atoms with Crippen LogP contribution in [0.1, 0.15) is 44.6 Å². The monoisotopic (exact) mass is 292 g/mol. The number of morpholine rings is 1. The number of ether oxygens (including phenoxy) is 1. The summed E-state index contributed by atoms with van der Waals surface area (Å²) in [6, 6.07) is 2.09. The van der Waals surface area contributed by atoms with Gasteiger partial charge in [0.2, 0.25) is 0 Å². The first-order valence-corrected chi connectivity index (χ1v) is 8.18. The van der Waals surface area contributed by atoms with Crippen molar-refractivity contribution >= 4 is 0 Å². The zero-order valence-electron chi connectivity index (χ0n) is 13.5. The number of rotatable bonds is 3. The molecule has 1 fully saturated rings. The summed E-state index contributed by atoms with van der Waals surface area (Å²) in [7, 11) is 0. The van der Waals surface area contributed by atoms with Crippen molar-refractivity contribution in [2.45, 2.75) is 52.4 Å². The summed E-state index contributed by atoms with van der Waals surface area (Å²) in [5, 5.41) is 10.3. The minimum absolute atomic E-state index is 0.172. The molecule has 1 aliphatic heterocycles. The number of nitrogens with zero attached hydrogens (tertiary/aromatic N) is 2. The summed E-state index contributed by atoms with van der Waals surface area (Å²) in [5.41, 5.74) is 2.60. The first-order chi connectivity index (χ1) is 9.98. The van der Waals surface area contributed by atoms with Gasteiger partial charge in [-0.05, 0) is 30.9 Å². The largest absolute Gasteiger partial charge is 0.388 e. The van der Waals surface area contributed by atoms with Crippen molar-refractivity contribution in [3.05, 3.63) is 23.5 Å². The molecule has 0 amide bonds. The molecule has 2 aliphatic rings. The molecular weight excluding hydrogens is 264 g/mol. The SMILES string of the molecule is CCN1CCOC(Cn2ccc3c2CC(C)(C)CC3O)C1. The Morgan fingerprint density at radius 3 is 3.00 bits per heavy atom. The van der Waals surface area contributed by atoms with Gasteiger partial charge in [-0.1, -0.05) is 20.8 Å². The van der Waals surface area contributed by atoms with Crippen LogP contribution in [-0.2, 0) is 17.7 Å². The molecule has 21 heavy (non-hydrogen) atoms. The van der Waals surface area contributed by atoms with Gasteiger partial charge in [0.1, 0.15) is 0 Å². The zero-order chi connectivity index (χ0) is 15.0. The average molecular weight is 292 g/mol. The fourth-order valence-electron chi connectivity index (χ4n) is 3.76. The highest BCUT2D eigenvalue weighted by atomic mass is 16.5. The predicted octanol–water partition coefficient (Wildman–Crippen LogP) is 2.21. The third-order valence-electron chi connectivity index (χ3n) is 4.94. The fraction of sp³-hybridized carbons (Fsp3) is 0.765. The van der Waals surface area contributed by atoms with Crippen LogP contribution < -0.4 is 0 Å². The molecule has 3 rings (SSSR count). The van der Waals surface area contributed by atoms with Gasteiger partial charge in [0, 0.05) is 37.1 Å². The van der Waals surface area contributed by atoms with Crippen molar-refractivity contribution in [3.63, 3.8) is 0 Å². The van der Waals surface area contributed by atoms with Crippen LogP contribution in [0, 0.1) is 5.41 Å². The summed E-state index contributed by atoms with van der Waals surface area (Å²) in [6.07, 6.45) is 3.97. The summed E-state index contributed by atoms with van der Waals surface area (Å²) >= 11 is 0. The molecule has 0 bridgehead atoms. The second-order valence-corrected chi connectivity index (χ2v) is 7.32. The number of hydrogen-bond donors (Lipinski definition) is 1. The van der Waals surface area contributed by atoms with E-state index in [1.165, 1.54) is 5.69 Å². The molecule has 0 aromatic carbocycles. The van der Waals surface area contributed by atoms with Crippen molar-refractivity contribution < 1.29 is 9.84 Å². The van der Waals surface area contributed by atoms with E-state index in [2.05, 4.69) is 42.5 Å². The molecule has 118 valence electrons. The van der Waals surface area contributed by atoms with Gasteiger partial charge >= 0.3 is 0 Å². The molecule has 4 nitrogen and oxygen atoms in total. The number of aromatic nitrogens is 1. The van der Waals surface area contributed by atoms with E-state index in [1.54, 1.807) is 0 Å². The molecule has 1 saturated heterocycles. The number of hydrogen-bond acceptors (Lipinski definition) is 3. The van der Waals surface area contributed by atoms with E-state index in [9.17, 15) is 5.11 Å². The third kappa shape index (κ3) is 3.17. The Morgan fingerprint density at radius 1 is 1.43 bits per heavy atom. The second kappa shape index (κ2) is 5.75. The van der Waals surface area contributed by atoms with Gasteiger partial charge < -0.3 is 14.4 Å². The first kappa shape index (κ1) is 15.1. The minimum Gasteiger partial charge on any atom is -0.388 e. The summed E-state index contributed by atoms with van der Waals surface area (Å²) < 4.78 is 8.24. The van der Waals surface area contributed by atoms with Gasteiger partial charge in [-0.3, -0.25) is 4.90 Å². The standard InChI is InChI=1S/C17H28N2O2/c1-4-18-7-8-21-13(11-18)12-19-6-5-14-15(19)9-17(2,3)10-16(14)20/h5-6,13,16,20H,4,7-12H2,1-3H3. The van der Waals surface area contributed by atoms with Crippen molar-refractivity contribution in [3.8, 4) is 0 Å². The Labute approximate surface area is 127 Å².